The van der Waals surface area contributed by atoms with Gasteiger partial charge in [0.05, 0.1) is 19.6 Å². The molecule has 0 aliphatic carbocycles. The van der Waals surface area contributed by atoms with Crippen molar-refractivity contribution in [3.05, 3.63) is 23.8 Å². The maximum absolute atomic E-state index is 12.7. The fourth-order valence-electron chi connectivity index (χ4n) is 2.42. The van der Waals surface area contributed by atoms with E-state index in [9.17, 15) is 4.79 Å². The molecule has 138 valence electrons. The molecular weight excluding hydrogens is 328 g/mol. The predicted octanol–water partition coefficient (Wildman–Crippen LogP) is 3.04. The predicted molar refractivity (Wildman–Crippen MR) is 100 cm³/mol. The molecule has 0 radical (unpaired) electrons. The van der Waals surface area contributed by atoms with Crippen molar-refractivity contribution in [1.82, 2.24) is 5.32 Å². The standard InChI is InChI=1S/C18H30N2O3.ClH/c1-6-7-8-14(12-19)20-17(21)18(2,3)13-9-10-15(22-4)16(11-13)23-5;/h9-11,14H,6-8,12,19H2,1-5H3,(H,20,21);1H. The van der Waals surface area contributed by atoms with Gasteiger partial charge in [0, 0.05) is 12.6 Å². The van der Waals surface area contributed by atoms with E-state index in [4.69, 9.17) is 15.2 Å². The molecule has 0 saturated carbocycles. The van der Waals surface area contributed by atoms with E-state index in [-0.39, 0.29) is 24.4 Å². The zero-order chi connectivity index (χ0) is 17.5. The lowest BCUT2D eigenvalue weighted by Gasteiger charge is -2.28. The van der Waals surface area contributed by atoms with Crippen molar-refractivity contribution in [3.8, 4) is 11.5 Å². The zero-order valence-electron chi connectivity index (χ0n) is 15.3. The Morgan fingerprint density at radius 1 is 1.25 bits per heavy atom. The van der Waals surface area contributed by atoms with Crippen LogP contribution in [0.5, 0.6) is 11.5 Å². The number of rotatable bonds is 9. The number of unbranched alkanes of at least 4 members (excludes halogenated alkanes) is 1. The highest BCUT2D eigenvalue weighted by Crippen LogP contribution is 2.33. The summed E-state index contributed by atoms with van der Waals surface area (Å²) in [5.74, 6) is 1.23. The summed E-state index contributed by atoms with van der Waals surface area (Å²) < 4.78 is 10.6. The first-order chi connectivity index (χ1) is 10.9. The fourth-order valence-corrected chi connectivity index (χ4v) is 2.42. The number of carbonyl (C=O) groups excluding carboxylic acids is 1. The molecule has 0 heterocycles. The molecule has 3 N–H and O–H groups in total. The molecule has 1 amide bonds. The normalized spacial score (nSPS) is 12.1. The Labute approximate surface area is 151 Å². The number of amides is 1. The van der Waals surface area contributed by atoms with Gasteiger partial charge in [-0.05, 0) is 38.0 Å². The largest absolute Gasteiger partial charge is 0.493 e. The van der Waals surface area contributed by atoms with E-state index in [0.29, 0.717) is 18.0 Å². The van der Waals surface area contributed by atoms with Crippen LogP contribution in [0.15, 0.2) is 18.2 Å². The van der Waals surface area contributed by atoms with Crippen LogP contribution in [0.25, 0.3) is 0 Å². The van der Waals surface area contributed by atoms with Crippen molar-refractivity contribution in [2.45, 2.75) is 51.5 Å². The minimum atomic E-state index is -0.681. The molecule has 0 fully saturated rings. The number of carbonyl (C=O) groups is 1. The van der Waals surface area contributed by atoms with Crippen LogP contribution >= 0.6 is 12.4 Å². The van der Waals surface area contributed by atoms with Crippen LogP contribution in [0.3, 0.4) is 0 Å². The summed E-state index contributed by atoms with van der Waals surface area (Å²) >= 11 is 0. The second kappa shape index (κ2) is 10.4. The Morgan fingerprint density at radius 2 is 1.88 bits per heavy atom. The van der Waals surface area contributed by atoms with Crippen LogP contribution in [-0.4, -0.2) is 32.7 Å². The van der Waals surface area contributed by atoms with E-state index in [1.165, 1.54) is 0 Å². The van der Waals surface area contributed by atoms with E-state index in [1.54, 1.807) is 14.2 Å². The first-order valence-corrected chi connectivity index (χ1v) is 8.14. The van der Waals surface area contributed by atoms with Crippen LogP contribution in [-0.2, 0) is 10.2 Å². The maximum Gasteiger partial charge on any atom is 0.230 e. The van der Waals surface area contributed by atoms with Gasteiger partial charge >= 0.3 is 0 Å². The topological polar surface area (TPSA) is 73.6 Å². The van der Waals surface area contributed by atoms with Crippen molar-refractivity contribution in [1.29, 1.82) is 0 Å². The molecule has 1 aromatic carbocycles. The van der Waals surface area contributed by atoms with E-state index < -0.39 is 5.41 Å². The van der Waals surface area contributed by atoms with Crippen molar-refractivity contribution < 1.29 is 14.3 Å². The third-order valence-electron chi connectivity index (χ3n) is 4.20. The van der Waals surface area contributed by atoms with Crippen LogP contribution in [0.4, 0.5) is 0 Å². The average Bonchev–Trinajstić information content (AvgIpc) is 2.57. The maximum atomic E-state index is 12.7. The van der Waals surface area contributed by atoms with Crippen molar-refractivity contribution in [2.75, 3.05) is 20.8 Å². The third-order valence-corrected chi connectivity index (χ3v) is 4.20. The van der Waals surface area contributed by atoms with Gasteiger partial charge < -0.3 is 20.5 Å². The van der Waals surface area contributed by atoms with Gasteiger partial charge in [-0.1, -0.05) is 25.8 Å². The lowest BCUT2D eigenvalue weighted by atomic mass is 9.83. The highest BCUT2D eigenvalue weighted by molar-refractivity contribution is 5.87. The fraction of sp³-hybridized carbons (Fsp3) is 0.611. The summed E-state index contributed by atoms with van der Waals surface area (Å²) in [5, 5.41) is 3.07. The van der Waals surface area contributed by atoms with Crippen molar-refractivity contribution in [2.24, 2.45) is 5.73 Å². The quantitative estimate of drug-likeness (QED) is 0.711. The van der Waals surface area contributed by atoms with Gasteiger partial charge in [-0.15, -0.1) is 12.4 Å². The van der Waals surface area contributed by atoms with Gasteiger partial charge in [0.1, 0.15) is 0 Å². The molecule has 1 unspecified atom stereocenters. The molecule has 0 bridgehead atoms. The Bertz CT molecular complexity index is 521. The van der Waals surface area contributed by atoms with Crippen molar-refractivity contribution in [3.63, 3.8) is 0 Å². The second-order valence-electron chi connectivity index (χ2n) is 6.24. The smallest absolute Gasteiger partial charge is 0.230 e. The van der Waals surface area contributed by atoms with Gasteiger partial charge in [-0.2, -0.15) is 0 Å². The Balaban J connectivity index is 0.00000529. The van der Waals surface area contributed by atoms with Gasteiger partial charge in [0.15, 0.2) is 11.5 Å². The first-order valence-electron chi connectivity index (χ1n) is 8.14. The molecular formula is C18H31ClN2O3. The molecule has 0 spiro atoms. The summed E-state index contributed by atoms with van der Waals surface area (Å²) in [6, 6.07) is 5.58. The number of hydrogen-bond acceptors (Lipinski definition) is 4. The Morgan fingerprint density at radius 3 is 2.38 bits per heavy atom. The lowest BCUT2D eigenvalue weighted by molar-refractivity contribution is -0.126. The minimum Gasteiger partial charge on any atom is -0.493 e. The Kier molecular flexibility index (Phi) is 9.78. The lowest BCUT2D eigenvalue weighted by Crippen LogP contribution is -2.47. The molecule has 0 aliphatic heterocycles. The molecule has 5 nitrogen and oxygen atoms in total. The molecule has 24 heavy (non-hydrogen) atoms. The molecule has 0 saturated heterocycles. The SMILES string of the molecule is CCCCC(CN)NC(=O)C(C)(C)c1ccc(OC)c(OC)c1.Cl. The summed E-state index contributed by atoms with van der Waals surface area (Å²) in [6.07, 6.45) is 3.05. The number of nitrogens with one attached hydrogen (secondary N) is 1. The first kappa shape index (κ1) is 22.5. The van der Waals surface area contributed by atoms with E-state index >= 15 is 0 Å². The zero-order valence-corrected chi connectivity index (χ0v) is 16.2. The molecule has 0 aliphatic rings. The van der Waals surface area contributed by atoms with Crippen LogP contribution < -0.4 is 20.5 Å². The van der Waals surface area contributed by atoms with Gasteiger partial charge in [-0.25, -0.2) is 0 Å². The number of methoxy groups -OCH3 is 2. The van der Waals surface area contributed by atoms with E-state index in [0.717, 1.165) is 24.8 Å². The van der Waals surface area contributed by atoms with Gasteiger partial charge in [0.25, 0.3) is 0 Å². The number of benzene rings is 1. The second-order valence-corrected chi connectivity index (χ2v) is 6.24. The number of halogens is 1. The highest BCUT2D eigenvalue weighted by atomic mass is 35.5. The highest BCUT2D eigenvalue weighted by Gasteiger charge is 2.31. The average molecular weight is 359 g/mol. The van der Waals surface area contributed by atoms with Gasteiger partial charge in [-0.3, -0.25) is 4.79 Å². The third kappa shape index (κ3) is 5.56. The summed E-state index contributed by atoms with van der Waals surface area (Å²) in [6.45, 7) is 6.38. The number of nitrogens with two attached hydrogens (primary N) is 1. The summed E-state index contributed by atoms with van der Waals surface area (Å²) in [4.78, 5) is 12.7. The molecule has 1 aromatic rings. The molecule has 1 atom stereocenters. The monoisotopic (exact) mass is 358 g/mol. The summed E-state index contributed by atoms with van der Waals surface area (Å²) in [7, 11) is 3.18. The molecule has 1 rings (SSSR count). The van der Waals surface area contributed by atoms with Crippen LogP contribution in [0.2, 0.25) is 0 Å². The van der Waals surface area contributed by atoms with Crippen LogP contribution in [0, 0.1) is 0 Å². The number of hydrogen-bond donors (Lipinski definition) is 2. The van der Waals surface area contributed by atoms with Crippen molar-refractivity contribution >= 4 is 18.3 Å². The minimum absolute atomic E-state index is 0. The van der Waals surface area contributed by atoms with Gasteiger partial charge in [0.2, 0.25) is 5.91 Å². The summed E-state index contributed by atoms with van der Waals surface area (Å²) in [5.41, 5.74) is 5.97. The molecule has 6 heteroatoms. The van der Waals surface area contributed by atoms with Crippen LogP contribution in [0.1, 0.15) is 45.6 Å². The van der Waals surface area contributed by atoms with E-state index in [2.05, 4.69) is 12.2 Å². The molecule has 0 aromatic heterocycles. The number of ether oxygens (including phenoxy) is 2. The Hall–Kier alpha value is -1.46. The van der Waals surface area contributed by atoms with E-state index in [1.807, 2.05) is 32.0 Å².